The van der Waals surface area contributed by atoms with Crippen molar-refractivity contribution in [1.82, 2.24) is 4.72 Å². The Balaban J connectivity index is 3.18. The third-order valence-corrected chi connectivity index (χ3v) is 4.07. The number of carbonyl (C=O) groups is 2. The summed E-state index contributed by atoms with van der Waals surface area (Å²) >= 11 is 0. The van der Waals surface area contributed by atoms with Crippen LogP contribution in [0.4, 0.5) is 0 Å². The maximum Gasteiger partial charge on any atom is 0.339 e. The van der Waals surface area contributed by atoms with Crippen molar-refractivity contribution in [3.05, 3.63) is 41.5 Å². The number of rotatable bonds is 5. The van der Waals surface area contributed by atoms with E-state index in [9.17, 15) is 18.0 Å². The van der Waals surface area contributed by atoms with Gasteiger partial charge >= 0.3 is 5.97 Å². The highest BCUT2D eigenvalue weighted by molar-refractivity contribution is 7.90. The maximum atomic E-state index is 12.2. The van der Waals surface area contributed by atoms with Crippen LogP contribution in [0.3, 0.4) is 0 Å². The summed E-state index contributed by atoms with van der Waals surface area (Å²) in [6.07, 6.45) is 2.22. The summed E-state index contributed by atoms with van der Waals surface area (Å²) in [4.78, 5) is 23.1. The minimum absolute atomic E-state index is 0.127. The Bertz CT molecular complexity index is 676. The molecule has 114 valence electrons. The van der Waals surface area contributed by atoms with E-state index in [4.69, 9.17) is 0 Å². The second-order valence-corrected chi connectivity index (χ2v) is 5.87. The smallest absolute Gasteiger partial charge is 0.339 e. The molecule has 6 nitrogen and oxygen atoms in total. The van der Waals surface area contributed by atoms with Gasteiger partial charge < -0.3 is 4.74 Å². The molecule has 0 fully saturated rings. The summed E-state index contributed by atoms with van der Waals surface area (Å²) in [5.41, 5.74) is 0.161. The van der Waals surface area contributed by atoms with E-state index >= 15 is 0 Å². The summed E-state index contributed by atoms with van der Waals surface area (Å²) in [7, 11) is -3.00. The fraction of sp³-hybridized carbons (Fsp3) is 0.286. The molecule has 0 atom stereocenters. The molecule has 1 amide bonds. The van der Waals surface area contributed by atoms with Gasteiger partial charge in [-0.05, 0) is 25.5 Å². The molecule has 0 unspecified atom stereocenters. The Labute approximate surface area is 123 Å². The van der Waals surface area contributed by atoms with Crippen LogP contribution >= 0.6 is 0 Å². The molecular formula is C14H17NO5S. The quantitative estimate of drug-likeness (QED) is 0.659. The molecule has 0 aromatic heterocycles. The second kappa shape index (κ2) is 7.03. The van der Waals surface area contributed by atoms with Crippen molar-refractivity contribution in [2.45, 2.75) is 25.2 Å². The molecule has 0 aliphatic heterocycles. The number of carbonyl (C=O) groups excluding carboxylic acids is 2. The Kier molecular flexibility index (Phi) is 5.66. The summed E-state index contributed by atoms with van der Waals surface area (Å²) in [5, 5.41) is 0. The van der Waals surface area contributed by atoms with E-state index in [1.165, 1.54) is 31.2 Å². The topological polar surface area (TPSA) is 89.5 Å². The van der Waals surface area contributed by atoms with Crippen LogP contribution in [0.5, 0.6) is 0 Å². The van der Waals surface area contributed by atoms with Crippen LogP contribution in [-0.2, 0) is 19.6 Å². The van der Waals surface area contributed by atoms with Crippen LogP contribution in [-0.4, -0.2) is 27.4 Å². The van der Waals surface area contributed by atoms with Crippen molar-refractivity contribution in [3.63, 3.8) is 0 Å². The second-order valence-electron chi connectivity index (χ2n) is 4.22. The standard InChI is InChI=1S/C14H17NO5S/c1-4-7-10(2)13(16)15-21(18,19)12-9-6-5-8-11(12)14(17)20-3/h5-9H,4H2,1-3H3,(H,15,16)/b10-7+. The van der Waals surface area contributed by atoms with Gasteiger partial charge in [0.1, 0.15) is 4.90 Å². The lowest BCUT2D eigenvalue weighted by atomic mass is 10.2. The van der Waals surface area contributed by atoms with Gasteiger partial charge in [0.25, 0.3) is 15.9 Å². The van der Waals surface area contributed by atoms with Crippen molar-refractivity contribution in [2.75, 3.05) is 7.11 Å². The summed E-state index contributed by atoms with van der Waals surface area (Å²) in [5.74, 6) is -1.51. The van der Waals surface area contributed by atoms with Crippen LogP contribution in [0.15, 0.2) is 40.8 Å². The number of hydrogen-bond acceptors (Lipinski definition) is 5. The fourth-order valence-electron chi connectivity index (χ4n) is 1.64. The van der Waals surface area contributed by atoms with Crippen LogP contribution in [0.2, 0.25) is 0 Å². The van der Waals surface area contributed by atoms with Crippen LogP contribution in [0.1, 0.15) is 30.6 Å². The van der Waals surface area contributed by atoms with Crippen molar-refractivity contribution in [1.29, 1.82) is 0 Å². The number of hydrogen-bond donors (Lipinski definition) is 1. The van der Waals surface area contributed by atoms with Crippen molar-refractivity contribution in [2.24, 2.45) is 0 Å². The molecule has 0 radical (unpaired) electrons. The molecule has 0 saturated heterocycles. The molecule has 1 rings (SSSR count). The van der Waals surface area contributed by atoms with Gasteiger partial charge in [-0.15, -0.1) is 0 Å². The van der Waals surface area contributed by atoms with E-state index in [2.05, 4.69) is 4.74 Å². The number of benzene rings is 1. The lowest BCUT2D eigenvalue weighted by Gasteiger charge is -2.10. The number of amides is 1. The Morgan fingerprint density at radius 3 is 2.48 bits per heavy atom. The molecule has 0 spiro atoms. The first-order valence-electron chi connectivity index (χ1n) is 6.24. The summed E-state index contributed by atoms with van der Waals surface area (Å²) in [6, 6.07) is 5.52. The minimum atomic E-state index is -4.15. The Morgan fingerprint density at radius 2 is 1.90 bits per heavy atom. The average molecular weight is 311 g/mol. The zero-order valence-electron chi connectivity index (χ0n) is 12.0. The SMILES string of the molecule is CC/C=C(\C)C(=O)NS(=O)(=O)c1ccccc1C(=O)OC. The molecule has 0 aliphatic carbocycles. The third-order valence-electron chi connectivity index (χ3n) is 2.68. The molecule has 0 heterocycles. The molecule has 1 aromatic carbocycles. The van der Waals surface area contributed by atoms with Crippen LogP contribution in [0, 0.1) is 0 Å². The number of ether oxygens (including phenoxy) is 1. The average Bonchev–Trinajstić information content (AvgIpc) is 2.46. The van der Waals surface area contributed by atoms with Crippen molar-refractivity contribution < 1.29 is 22.7 Å². The highest BCUT2D eigenvalue weighted by Crippen LogP contribution is 2.16. The predicted molar refractivity (Wildman–Crippen MR) is 77.2 cm³/mol. The lowest BCUT2D eigenvalue weighted by molar-refractivity contribution is -0.115. The van der Waals surface area contributed by atoms with Gasteiger partial charge in [0.2, 0.25) is 0 Å². The molecule has 7 heteroatoms. The van der Waals surface area contributed by atoms with E-state index in [1.54, 1.807) is 6.08 Å². The van der Waals surface area contributed by atoms with Gasteiger partial charge in [-0.25, -0.2) is 17.9 Å². The third kappa shape index (κ3) is 4.16. The molecule has 0 bridgehead atoms. The van der Waals surface area contributed by atoms with E-state index in [0.29, 0.717) is 6.42 Å². The first-order chi connectivity index (χ1) is 9.83. The Morgan fingerprint density at radius 1 is 1.29 bits per heavy atom. The zero-order chi connectivity index (χ0) is 16.0. The van der Waals surface area contributed by atoms with Crippen LogP contribution in [0.25, 0.3) is 0 Å². The van der Waals surface area contributed by atoms with Crippen molar-refractivity contribution in [3.8, 4) is 0 Å². The maximum absolute atomic E-state index is 12.2. The van der Waals surface area contributed by atoms with E-state index in [-0.39, 0.29) is 16.0 Å². The minimum Gasteiger partial charge on any atom is -0.465 e. The van der Waals surface area contributed by atoms with Gasteiger partial charge in [-0.2, -0.15) is 0 Å². The summed E-state index contributed by atoms with van der Waals surface area (Å²) in [6.45, 7) is 3.35. The Hall–Kier alpha value is -2.15. The molecule has 1 aromatic rings. The largest absolute Gasteiger partial charge is 0.465 e. The lowest BCUT2D eigenvalue weighted by Crippen LogP contribution is -2.32. The first-order valence-corrected chi connectivity index (χ1v) is 7.73. The van der Waals surface area contributed by atoms with Gasteiger partial charge in [0.15, 0.2) is 0 Å². The van der Waals surface area contributed by atoms with Crippen molar-refractivity contribution >= 4 is 21.9 Å². The molecule has 21 heavy (non-hydrogen) atoms. The van der Waals surface area contributed by atoms with Gasteiger partial charge in [0, 0.05) is 5.57 Å². The van der Waals surface area contributed by atoms with Gasteiger partial charge in [0.05, 0.1) is 12.7 Å². The van der Waals surface area contributed by atoms with Gasteiger partial charge in [-0.3, -0.25) is 4.79 Å². The fourth-order valence-corrected chi connectivity index (χ4v) is 2.85. The number of sulfonamides is 1. The molecule has 1 N–H and O–H groups in total. The summed E-state index contributed by atoms with van der Waals surface area (Å²) < 4.78 is 30.9. The van der Waals surface area contributed by atoms with E-state index < -0.39 is 21.9 Å². The molecule has 0 aliphatic rings. The predicted octanol–water partition coefficient (Wildman–Crippen LogP) is 1.63. The number of nitrogens with one attached hydrogen (secondary N) is 1. The van der Waals surface area contributed by atoms with E-state index in [0.717, 1.165) is 7.11 Å². The molecular weight excluding hydrogens is 294 g/mol. The number of methoxy groups -OCH3 is 1. The van der Waals surface area contributed by atoms with Gasteiger partial charge in [-0.1, -0.05) is 25.1 Å². The normalized spacial score (nSPS) is 11.9. The highest BCUT2D eigenvalue weighted by atomic mass is 32.2. The van der Waals surface area contributed by atoms with Crippen LogP contribution < -0.4 is 4.72 Å². The first kappa shape index (κ1) is 16.9. The number of allylic oxidation sites excluding steroid dienone is 1. The number of esters is 1. The monoisotopic (exact) mass is 311 g/mol. The van der Waals surface area contributed by atoms with E-state index in [1.807, 2.05) is 11.6 Å². The highest BCUT2D eigenvalue weighted by Gasteiger charge is 2.24. The molecule has 0 saturated carbocycles. The zero-order valence-corrected chi connectivity index (χ0v) is 12.9.